The van der Waals surface area contributed by atoms with Gasteiger partial charge in [0.1, 0.15) is 0 Å². The van der Waals surface area contributed by atoms with Gasteiger partial charge >= 0.3 is 26.2 Å². The number of hydrogen-bond acceptors (Lipinski definition) is 0. The zero-order valence-corrected chi connectivity index (χ0v) is 9.77. The summed E-state index contributed by atoms with van der Waals surface area (Å²) >= 11 is 0. The Balaban J connectivity index is -0.0000000436. The second kappa shape index (κ2) is 22.5. The molecule has 1 rings (SSSR count). The van der Waals surface area contributed by atoms with E-state index in [2.05, 4.69) is 26.0 Å². The van der Waals surface area contributed by atoms with Crippen molar-refractivity contribution in [2.24, 2.45) is 0 Å². The van der Waals surface area contributed by atoms with Crippen LogP contribution in [-0.2, 0) is 26.2 Å². The van der Waals surface area contributed by atoms with Crippen LogP contribution in [0.2, 0.25) is 0 Å². The Kier molecular flexibility index (Phi) is 42.7. The number of halogens is 2. The van der Waals surface area contributed by atoms with Gasteiger partial charge in [0.05, 0.1) is 0 Å². The van der Waals surface area contributed by atoms with E-state index < -0.39 is 0 Å². The molecule has 0 aliphatic heterocycles. The van der Waals surface area contributed by atoms with Crippen LogP contribution in [0.15, 0.2) is 18.2 Å². The second-order valence-electron chi connectivity index (χ2n) is 1.86. The average molecular weight is 251 g/mol. The van der Waals surface area contributed by atoms with Crippen LogP contribution in [0.5, 0.6) is 0 Å². The molecule has 0 saturated carbocycles. The standard InChI is InChI=1S/C5H5.C4H9.2FH.Zr/c1-2-4-5-3-1;1-3-4-2;;;/h1-3H,4H2;1,3-4H2,2H3;2*1H;/q2*-1;;;+4/p-2. The van der Waals surface area contributed by atoms with Crippen molar-refractivity contribution in [3.8, 4) is 0 Å². The van der Waals surface area contributed by atoms with E-state index in [9.17, 15) is 0 Å². The van der Waals surface area contributed by atoms with Crippen LogP contribution in [0.4, 0.5) is 0 Å². The van der Waals surface area contributed by atoms with E-state index in [1.807, 2.05) is 12.2 Å². The van der Waals surface area contributed by atoms with Gasteiger partial charge in [0.15, 0.2) is 0 Å². The van der Waals surface area contributed by atoms with Crippen molar-refractivity contribution in [1.29, 1.82) is 0 Å². The Hall–Kier alpha value is 0.223. The molecule has 0 aromatic carbocycles. The molecule has 0 fully saturated rings. The maximum absolute atomic E-state index is 3.60. The van der Waals surface area contributed by atoms with Crippen molar-refractivity contribution in [2.45, 2.75) is 26.2 Å². The smallest absolute Gasteiger partial charge is 1.00 e. The number of rotatable bonds is 1. The predicted molar refractivity (Wildman–Crippen MR) is 41.8 cm³/mol. The summed E-state index contributed by atoms with van der Waals surface area (Å²) in [5.74, 6) is 0. The van der Waals surface area contributed by atoms with E-state index in [4.69, 9.17) is 0 Å². The molecule has 1 aliphatic rings. The molecule has 0 radical (unpaired) electrons. The molecule has 0 spiro atoms. The van der Waals surface area contributed by atoms with Gasteiger partial charge in [0, 0.05) is 0 Å². The van der Waals surface area contributed by atoms with Crippen LogP contribution in [0.3, 0.4) is 0 Å². The third kappa shape index (κ3) is 22.5. The van der Waals surface area contributed by atoms with Crippen LogP contribution in [-0.4, -0.2) is 0 Å². The largest absolute Gasteiger partial charge is 4.00 e. The predicted octanol–water partition coefficient (Wildman–Crippen LogP) is -3.07. The summed E-state index contributed by atoms with van der Waals surface area (Å²) in [7, 11) is 0. The van der Waals surface area contributed by atoms with Gasteiger partial charge in [-0.1, -0.05) is 13.3 Å². The van der Waals surface area contributed by atoms with E-state index in [1.165, 1.54) is 6.42 Å². The molecular weight excluding hydrogens is 237 g/mol. The number of unbranched alkanes of at least 4 members (excludes halogenated alkanes) is 1. The van der Waals surface area contributed by atoms with Crippen molar-refractivity contribution in [3.05, 3.63) is 31.2 Å². The summed E-state index contributed by atoms with van der Waals surface area (Å²) in [6, 6.07) is 0. The Bertz CT molecular complexity index is 88.7. The number of allylic oxidation sites excluding steroid dienone is 4. The third-order valence-electron chi connectivity index (χ3n) is 0.939. The first-order valence-electron chi connectivity index (χ1n) is 3.42. The zero-order chi connectivity index (χ0) is 6.95. The van der Waals surface area contributed by atoms with Crippen LogP contribution in [0.25, 0.3) is 0 Å². The van der Waals surface area contributed by atoms with Crippen molar-refractivity contribution in [2.75, 3.05) is 0 Å². The Morgan fingerprint density at radius 1 is 1.42 bits per heavy atom. The van der Waals surface area contributed by atoms with Gasteiger partial charge in [-0.2, -0.15) is 12.5 Å². The fraction of sp³-hybridized carbons (Fsp3) is 0.444. The van der Waals surface area contributed by atoms with Gasteiger partial charge in [-0.3, -0.25) is 6.08 Å². The van der Waals surface area contributed by atoms with Crippen LogP contribution in [0, 0.1) is 13.0 Å². The molecule has 0 atom stereocenters. The fourth-order valence-corrected chi connectivity index (χ4v) is 0.340. The molecule has 0 saturated heterocycles. The SMILES string of the molecule is [C-]1=CC=CC1.[CH2-]CCC.[F-].[F-].[Zr+4]. The maximum atomic E-state index is 3.60. The van der Waals surface area contributed by atoms with Crippen LogP contribution in [0.1, 0.15) is 26.2 Å². The zero-order valence-electron chi connectivity index (χ0n) is 7.32. The van der Waals surface area contributed by atoms with Crippen molar-refractivity contribution in [3.63, 3.8) is 0 Å². The molecule has 0 aromatic heterocycles. The molecule has 0 unspecified atom stereocenters. The Morgan fingerprint density at radius 3 is 2.00 bits per heavy atom. The van der Waals surface area contributed by atoms with E-state index in [0.717, 1.165) is 12.8 Å². The molecule has 12 heavy (non-hydrogen) atoms. The summed E-state index contributed by atoms with van der Waals surface area (Å²) in [5.41, 5.74) is 0. The average Bonchev–Trinajstić information content (AvgIpc) is 2.43. The minimum absolute atomic E-state index is 0. The molecule has 0 amide bonds. The summed E-state index contributed by atoms with van der Waals surface area (Å²) < 4.78 is 0. The van der Waals surface area contributed by atoms with E-state index >= 15 is 0 Å². The fourth-order valence-electron chi connectivity index (χ4n) is 0.340. The summed E-state index contributed by atoms with van der Waals surface area (Å²) in [6.07, 6.45) is 12.3. The molecular formula is C9H14F2Zr. The van der Waals surface area contributed by atoms with Crippen molar-refractivity contribution in [1.82, 2.24) is 0 Å². The van der Waals surface area contributed by atoms with Gasteiger partial charge in [-0.15, -0.1) is 6.42 Å². The molecule has 0 nitrogen and oxygen atoms in total. The Morgan fingerprint density at radius 2 is 1.92 bits per heavy atom. The molecule has 0 heterocycles. The van der Waals surface area contributed by atoms with E-state index in [1.54, 1.807) is 0 Å². The molecule has 1 aliphatic carbocycles. The second-order valence-corrected chi connectivity index (χ2v) is 1.86. The van der Waals surface area contributed by atoms with Gasteiger partial charge in [0.2, 0.25) is 0 Å². The number of hydrogen-bond donors (Lipinski definition) is 0. The van der Waals surface area contributed by atoms with Crippen molar-refractivity contribution >= 4 is 0 Å². The topological polar surface area (TPSA) is 0 Å². The molecule has 3 heteroatoms. The Labute approximate surface area is 93.0 Å². The summed E-state index contributed by atoms with van der Waals surface area (Å²) in [6.45, 7) is 5.72. The molecule has 0 N–H and O–H groups in total. The van der Waals surface area contributed by atoms with Gasteiger partial charge < -0.3 is 16.3 Å². The third-order valence-corrected chi connectivity index (χ3v) is 0.939. The first-order valence-corrected chi connectivity index (χ1v) is 3.42. The minimum Gasteiger partial charge on any atom is -1.00 e. The van der Waals surface area contributed by atoms with Crippen LogP contribution >= 0.6 is 0 Å². The van der Waals surface area contributed by atoms with Crippen molar-refractivity contribution < 1.29 is 35.6 Å². The van der Waals surface area contributed by atoms with Gasteiger partial charge in [0.25, 0.3) is 0 Å². The molecule has 0 bridgehead atoms. The van der Waals surface area contributed by atoms with Gasteiger partial charge in [-0.05, 0) is 0 Å². The molecule has 0 aromatic rings. The normalized spacial score (nSPS) is 9.83. The van der Waals surface area contributed by atoms with Crippen LogP contribution < -0.4 is 9.41 Å². The van der Waals surface area contributed by atoms with Gasteiger partial charge in [-0.25, -0.2) is 12.2 Å². The minimum atomic E-state index is 0. The monoisotopic (exact) mass is 250 g/mol. The first kappa shape index (κ1) is 22.8. The first-order chi connectivity index (χ1) is 4.41. The summed E-state index contributed by atoms with van der Waals surface area (Å²) in [4.78, 5) is 0. The van der Waals surface area contributed by atoms with E-state index in [0.29, 0.717) is 0 Å². The quantitative estimate of drug-likeness (QED) is 0.434. The van der Waals surface area contributed by atoms with E-state index in [-0.39, 0.29) is 35.6 Å². The maximum Gasteiger partial charge on any atom is 4.00 e. The molecule has 68 valence electrons. The summed E-state index contributed by atoms with van der Waals surface area (Å²) in [5, 5.41) is 0.